The summed E-state index contributed by atoms with van der Waals surface area (Å²) in [5, 5.41) is 9.66. The normalized spacial score (nSPS) is 11.1. The highest BCUT2D eigenvalue weighted by Gasteiger charge is 2.12. The number of nitrogens with one attached hydrogen (secondary N) is 1. The largest absolute Gasteiger partial charge is 0.375 e. The number of amides is 1. The van der Waals surface area contributed by atoms with E-state index in [4.69, 9.17) is 5.73 Å². The van der Waals surface area contributed by atoms with Gasteiger partial charge >= 0.3 is 0 Å². The molecule has 3 heterocycles. The molecule has 0 radical (unpaired) electrons. The second kappa shape index (κ2) is 7.56. The molecule has 3 rings (SSSR count). The maximum Gasteiger partial charge on any atom is 0.252 e. The standard InChI is InChI=1S/C16H21N7OS/c1-10-13(11(2)23-16(21-10)19-9-20-23)5-6-14(24)18-7-3-4-12-8-25-15(17)22-12/h8-9H,3-7H2,1-2H3,(H2,17,22)(H,18,24). The summed E-state index contributed by atoms with van der Waals surface area (Å²) in [6.45, 7) is 4.55. The van der Waals surface area contributed by atoms with Crippen molar-refractivity contribution in [2.24, 2.45) is 0 Å². The molecule has 0 saturated carbocycles. The molecule has 3 aromatic heterocycles. The molecule has 0 saturated heterocycles. The summed E-state index contributed by atoms with van der Waals surface area (Å²) in [6.07, 6.45) is 4.21. The molecule has 25 heavy (non-hydrogen) atoms. The summed E-state index contributed by atoms with van der Waals surface area (Å²) in [5.74, 6) is 0.626. The highest BCUT2D eigenvalue weighted by molar-refractivity contribution is 7.13. The Balaban J connectivity index is 1.47. The first-order valence-corrected chi connectivity index (χ1v) is 9.05. The fourth-order valence-electron chi connectivity index (χ4n) is 2.78. The lowest BCUT2D eigenvalue weighted by atomic mass is 10.1. The van der Waals surface area contributed by atoms with E-state index < -0.39 is 0 Å². The SMILES string of the molecule is Cc1nc2ncnn2c(C)c1CCC(=O)NCCCc1csc(N)n1. The van der Waals surface area contributed by atoms with E-state index in [1.165, 1.54) is 17.7 Å². The van der Waals surface area contributed by atoms with Gasteiger partial charge in [0.1, 0.15) is 6.33 Å². The summed E-state index contributed by atoms with van der Waals surface area (Å²) < 4.78 is 1.71. The molecule has 3 aromatic rings. The van der Waals surface area contributed by atoms with Crippen molar-refractivity contribution >= 4 is 28.2 Å². The van der Waals surface area contributed by atoms with Gasteiger partial charge in [0.05, 0.1) is 5.69 Å². The van der Waals surface area contributed by atoms with Crippen LogP contribution in [0.3, 0.4) is 0 Å². The number of hydrogen-bond donors (Lipinski definition) is 2. The fourth-order valence-corrected chi connectivity index (χ4v) is 3.38. The summed E-state index contributed by atoms with van der Waals surface area (Å²) in [7, 11) is 0. The molecule has 132 valence electrons. The molecule has 0 bridgehead atoms. The Hall–Kier alpha value is -2.55. The summed E-state index contributed by atoms with van der Waals surface area (Å²) in [4.78, 5) is 24.8. The van der Waals surface area contributed by atoms with Crippen LogP contribution in [0.15, 0.2) is 11.7 Å². The number of thiazole rings is 1. The molecule has 0 fully saturated rings. The Morgan fingerprint density at radius 2 is 2.16 bits per heavy atom. The molecule has 0 unspecified atom stereocenters. The molecule has 0 spiro atoms. The van der Waals surface area contributed by atoms with Crippen molar-refractivity contribution < 1.29 is 4.79 Å². The third kappa shape index (κ3) is 4.11. The zero-order valence-corrected chi connectivity index (χ0v) is 15.1. The third-order valence-corrected chi connectivity index (χ3v) is 4.81. The maximum atomic E-state index is 12.1. The van der Waals surface area contributed by atoms with Gasteiger partial charge in [-0.05, 0) is 38.7 Å². The lowest BCUT2D eigenvalue weighted by molar-refractivity contribution is -0.121. The van der Waals surface area contributed by atoms with Crippen molar-refractivity contribution in [2.45, 2.75) is 39.5 Å². The highest BCUT2D eigenvalue weighted by atomic mass is 32.1. The first kappa shape index (κ1) is 17.3. The number of carbonyl (C=O) groups is 1. The zero-order chi connectivity index (χ0) is 17.8. The van der Waals surface area contributed by atoms with Crippen molar-refractivity contribution in [3.63, 3.8) is 0 Å². The molecule has 3 N–H and O–H groups in total. The monoisotopic (exact) mass is 359 g/mol. The number of aromatic nitrogens is 5. The van der Waals surface area contributed by atoms with E-state index in [0.717, 1.165) is 35.5 Å². The van der Waals surface area contributed by atoms with Crippen LogP contribution in [-0.4, -0.2) is 37.0 Å². The summed E-state index contributed by atoms with van der Waals surface area (Å²) in [6, 6.07) is 0. The minimum Gasteiger partial charge on any atom is -0.375 e. The highest BCUT2D eigenvalue weighted by Crippen LogP contribution is 2.15. The number of nitrogens with two attached hydrogens (primary N) is 1. The van der Waals surface area contributed by atoms with Crippen LogP contribution in [0, 0.1) is 13.8 Å². The van der Waals surface area contributed by atoms with Crippen LogP contribution >= 0.6 is 11.3 Å². The van der Waals surface area contributed by atoms with Gasteiger partial charge in [0.15, 0.2) is 5.13 Å². The quantitative estimate of drug-likeness (QED) is 0.618. The minimum atomic E-state index is 0.0373. The van der Waals surface area contributed by atoms with Gasteiger partial charge in [0.25, 0.3) is 5.78 Å². The van der Waals surface area contributed by atoms with Crippen LogP contribution in [0.5, 0.6) is 0 Å². The Kier molecular flexibility index (Phi) is 5.22. The van der Waals surface area contributed by atoms with Crippen LogP contribution in [0.4, 0.5) is 5.13 Å². The van der Waals surface area contributed by atoms with E-state index >= 15 is 0 Å². The Morgan fingerprint density at radius 3 is 2.92 bits per heavy atom. The minimum absolute atomic E-state index is 0.0373. The smallest absolute Gasteiger partial charge is 0.252 e. The molecule has 9 heteroatoms. The number of hydrogen-bond acceptors (Lipinski definition) is 7. The van der Waals surface area contributed by atoms with Gasteiger partial charge in [-0.25, -0.2) is 14.5 Å². The third-order valence-electron chi connectivity index (χ3n) is 4.09. The van der Waals surface area contributed by atoms with Gasteiger partial charge in [0.2, 0.25) is 5.91 Å². The first-order valence-electron chi connectivity index (χ1n) is 8.17. The summed E-state index contributed by atoms with van der Waals surface area (Å²) in [5.41, 5.74) is 9.51. The first-order chi connectivity index (χ1) is 12.0. The Bertz CT molecular complexity index is 886. The number of fused-ring (bicyclic) bond motifs is 1. The van der Waals surface area contributed by atoms with Crippen molar-refractivity contribution in [1.82, 2.24) is 29.9 Å². The lowest BCUT2D eigenvalue weighted by Gasteiger charge is -2.10. The predicted octanol–water partition coefficient (Wildman–Crippen LogP) is 1.46. The lowest BCUT2D eigenvalue weighted by Crippen LogP contribution is -2.25. The molecule has 0 aliphatic carbocycles. The fraction of sp³-hybridized carbons (Fsp3) is 0.438. The predicted molar refractivity (Wildman–Crippen MR) is 96.4 cm³/mol. The number of rotatable bonds is 7. The van der Waals surface area contributed by atoms with E-state index in [9.17, 15) is 4.79 Å². The van der Waals surface area contributed by atoms with E-state index in [2.05, 4.69) is 25.4 Å². The molecule has 0 aliphatic heterocycles. The molecule has 1 amide bonds. The van der Waals surface area contributed by atoms with Gasteiger partial charge < -0.3 is 11.1 Å². The van der Waals surface area contributed by atoms with Crippen molar-refractivity contribution in [3.8, 4) is 0 Å². The van der Waals surface area contributed by atoms with E-state index in [0.29, 0.717) is 30.3 Å². The van der Waals surface area contributed by atoms with Crippen molar-refractivity contribution in [2.75, 3.05) is 12.3 Å². The topological polar surface area (TPSA) is 111 Å². The van der Waals surface area contributed by atoms with E-state index in [1.54, 1.807) is 4.52 Å². The second-order valence-electron chi connectivity index (χ2n) is 5.86. The zero-order valence-electron chi connectivity index (χ0n) is 14.3. The number of nitrogen functional groups attached to an aromatic ring is 1. The average molecular weight is 359 g/mol. The average Bonchev–Trinajstić information content (AvgIpc) is 3.20. The van der Waals surface area contributed by atoms with E-state index in [-0.39, 0.29) is 5.91 Å². The molecule has 0 aromatic carbocycles. The number of nitrogens with zero attached hydrogens (tertiary/aromatic N) is 5. The Labute approximate surface area is 149 Å². The second-order valence-corrected chi connectivity index (χ2v) is 6.75. The summed E-state index contributed by atoms with van der Waals surface area (Å²) >= 11 is 1.44. The van der Waals surface area contributed by atoms with Crippen LogP contribution < -0.4 is 11.1 Å². The maximum absolute atomic E-state index is 12.1. The van der Waals surface area contributed by atoms with Gasteiger partial charge in [-0.2, -0.15) is 10.1 Å². The van der Waals surface area contributed by atoms with Crippen molar-refractivity contribution in [1.29, 1.82) is 0 Å². The van der Waals surface area contributed by atoms with Crippen molar-refractivity contribution in [3.05, 3.63) is 34.4 Å². The molecular weight excluding hydrogens is 338 g/mol. The van der Waals surface area contributed by atoms with Gasteiger partial charge in [0, 0.05) is 29.7 Å². The van der Waals surface area contributed by atoms with Crippen LogP contribution in [0.1, 0.15) is 35.5 Å². The molecule has 0 aliphatic rings. The van der Waals surface area contributed by atoms with Gasteiger partial charge in [-0.1, -0.05) is 0 Å². The van der Waals surface area contributed by atoms with Crippen LogP contribution in [-0.2, 0) is 17.6 Å². The van der Waals surface area contributed by atoms with Crippen LogP contribution in [0.25, 0.3) is 5.78 Å². The molecule has 0 atom stereocenters. The van der Waals surface area contributed by atoms with Crippen LogP contribution in [0.2, 0.25) is 0 Å². The number of carbonyl (C=O) groups excluding carboxylic acids is 1. The number of anilines is 1. The van der Waals surface area contributed by atoms with Gasteiger partial charge in [-0.3, -0.25) is 4.79 Å². The molecule has 8 nitrogen and oxygen atoms in total. The van der Waals surface area contributed by atoms with Gasteiger partial charge in [-0.15, -0.1) is 11.3 Å². The number of aryl methyl sites for hydroxylation is 3. The Morgan fingerprint density at radius 1 is 1.32 bits per heavy atom. The van der Waals surface area contributed by atoms with E-state index in [1.807, 2.05) is 19.2 Å². The molecular formula is C16H21N7OS.